The Morgan fingerprint density at radius 3 is 1.82 bits per heavy atom. The van der Waals surface area contributed by atoms with E-state index in [1.807, 2.05) is 92.7 Å². The van der Waals surface area contributed by atoms with Crippen LogP contribution in [-0.4, -0.2) is 41.0 Å². The van der Waals surface area contributed by atoms with Crippen molar-refractivity contribution >= 4 is 11.5 Å². The summed E-state index contributed by atoms with van der Waals surface area (Å²) in [6.45, 7) is 6.28. The van der Waals surface area contributed by atoms with Crippen LogP contribution in [0.1, 0.15) is 49.5 Å². The highest BCUT2D eigenvalue weighted by Gasteiger charge is 2.18. The number of allylic oxidation sites excluding steroid dienone is 1. The highest BCUT2D eigenvalue weighted by molar-refractivity contribution is 5.78. The van der Waals surface area contributed by atoms with Crippen molar-refractivity contribution in [2.24, 2.45) is 5.73 Å². The van der Waals surface area contributed by atoms with E-state index in [9.17, 15) is 4.79 Å². The number of aryl methyl sites for hydroxylation is 1. The van der Waals surface area contributed by atoms with Gasteiger partial charge in [-0.3, -0.25) is 4.79 Å². The van der Waals surface area contributed by atoms with E-state index in [0.29, 0.717) is 13.0 Å². The first kappa shape index (κ1) is 32.4. The minimum atomic E-state index is -0.219. The molecule has 0 aromatic heterocycles. The van der Waals surface area contributed by atoms with E-state index < -0.39 is 0 Å². The first-order valence-corrected chi connectivity index (χ1v) is 12.7. The summed E-state index contributed by atoms with van der Waals surface area (Å²) in [5, 5.41) is 0. The number of benzene rings is 3. The smallest absolute Gasteiger partial charge is 0.309 e. The van der Waals surface area contributed by atoms with Crippen molar-refractivity contribution in [3.05, 3.63) is 101 Å². The third-order valence-electron chi connectivity index (χ3n) is 5.86. The molecule has 0 spiro atoms. The van der Waals surface area contributed by atoms with Crippen molar-refractivity contribution < 1.29 is 23.7 Å². The van der Waals surface area contributed by atoms with Crippen LogP contribution in [-0.2, 0) is 14.3 Å². The maximum atomic E-state index is 12.2. The third kappa shape index (κ3) is 11.2. The molecule has 0 aliphatic rings. The van der Waals surface area contributed by atoms with Crippen LogP contribution in [0.25, 0.3) is 5.57 Å². The van der Waals surface area contributed by atoms with Crippen molar-refractivity contribution in [3.8, 4) is 11.5 Å². The lowest BCUT2D eigenvalue weighted by Gasteiger charge is -2.20. The SMILES string of the molecule is CCOC(=O)C/C(CC(OC)c1ccccc1)=C(/C)c1ccc(OC)cc1.CN.COc1ccc(C)cc1. The van der Waals surface area contributed by atoms with Gasteiger partial charge in [0, 0.05) is 7.11 Å². The zero-order valence-corrected chi connectivity index (χ0v) is 23.8. The Morgan fingerprint density at radius 1 is 0.816 bits per heavy atom. The van der Waals surface area contributed by atoms with Gasteiger partial charge in [0.1, 0.15) is 11.5 Å². The Labute approximate surface area is 228 Å². The van der Waals surface area contributed by atoms with Gasteiger partial charge in [-0.1, -0.05) is 65.7 Å². The van der Waals surface area contributed by atoms with Crippen LogP contribution in [0.4, 0.5) is 0 Å². The van der Waals surface area contributed by atoms with Crippen molar-refractivity contribution in [1.29, 1.82) is 0 Å². The minimum Gasteiger partial charge on any atom is -0.497 e. The first-order valence-electron chi connectivity index (χ1n) is 12.7. The molecule has 3 rings (SSSR count). The van der Waals surface area contributed by atoms with Gasteiger partial charge in [-0.25, -0.2) is 0 Å². The van der Waals surface area contributed by atoms with E-state index in [2.05, 4.69) is 12.7 Å². The number of esters is 1. The van der Waals surface area contributed by atoms with Crippen LogP contribution in [0, 0.1) is 6.92 Å². The van der Waals surface area contributed by atoms with E-state index in [1.54, 1.807) is 21.3 Å². The van der Waals surface area contributed by atoms with E-state index in [-0.39, 0.29) is 18.5 Å². The van der Waals surface area contributed by atoms with Crippen LogP contribution in [0.2, 0.25) is 0 Å². The van der Waals surface area contributed by atoms with Crippen molar-refractivity contribution in [1.82, 2.24) is 0 Å². The van der Waals surface area contributed by atoms with Crippen molar-refractivity contribution in [2.45, 2.75) is 39.7 Å². The third-order valence-corrected chi connectivity index (χ3v) is 5.86. The van der Waals surface area contributed by atoms with Crippen LogP contribution >= 0.6 is 0 Å². The van der Waals surface area contributed by atoms with Gasteiger partial charge in [0.25, 0.3) is 0 Å². The highest BCUT2D eigenvalue weighted by Crippen LogP contribution is 2.32. The van der Waals surface area contributed by atoms with Gasteiger partial charge >= 0.3 is 5.97 Å². The first-order chi connectivity index (χ1) is 18.4. The van der Waals surface area contributed by atoms with E-state index in [4.69, 9.17) is 18.9 Å². The lowest BCUT2D eigenvalue weighted by Crippen LogP contribution is -2.10. The minimum absolute atomic E-state index is 0.121. The van der Waals surface area contributed by atoms with Gasteiger partial charge < -0.3 is 24.7 Å². The second kappa shape index (κ2) is 18.6. The summed E-state index contributed by atoms with van der Waals surface area (Å²) >= 11 is 0. The van der Waals surface area contributed by atoms with Crippen molar-refractivity contribution in [3.63, 3.8) is 0 Å². The number of carbonyl (C=O) groups is 1. The average molecular weight is 522 g/mol. The summed E-state index contributed by atoms with van der Waals surface area (Å²) in [6, 6.07) is 25.9. The molecule has 6 nitrogen and oxygen atoms in total. The van der Waals surface area contributed by atoms with E-state index in [1.165, 1.54) is 12.6 Å². The Morgan fingerprint density at radius 2 is 1.34 bits per heavy atom. The second-order valence-electron chi connectivity index (χ2n) is 8.30. The van der Waals surface area contributed by atoms with Gasteiger partial charge in [-0.2, -0.15) is 0 Å². The fraction of sp³-hybridized carbons (Fsp3) is 0.344. The molecule has 0 bridgehead atoms. The predicted octanol–water partition coefficient (Wildman–Crippen LogP) is 6.78. The van der Waals surface area contributed by atoms with E-state index >= 15 is 0 Å². The summed E-state index contributed by atoms with van der Waals surface area (Å²) in [6.07, 6.45) is 0.749. The van der Waals surface area contributed by atoms with Crippen LogP contribution in [0.3, 0.4) is 0 Å². The van der Waals surface area contributed by atoms with Gasteiger partial charge in [-0.05, 0) is 75.2 Å². The molecule has 0 amide bonds. The molecule has 0 heterocycles. The predicted molar refractivity (Wildman–Crippen MR) is 155 cm³/mol. The zero-order valence-electron chi connectivity index (χ0n) is 23.8. The van der Waals surface area contributed by atoms with Crippen molar-refractivity contribution in [2.75, 3.05) is 35.0 Å². The number of nitrogens with two attached hydrogens (primary N) is 1. The molecule has 206 valence electrons. The molecule has 0 aliphatic heterocycles. The Kier molecular flexibility index (Phi) is 15.9. The summed E-state index contributed by atoms with van der Waals surface area (Å²) in [4.78, 5) is 12.2. The molecular formula is C32H43NO5. The maximum absolute atomic E-state index is 12.2. The summed E-state index contributed by atoms with van der Waals surface area (Å²) in [7, 11) is 6.51. The molecule has 3 aromatic rings. The van der Waals surface area contributed by atoms with Gasteiger partial charge in [-0.15, -0.1) is 0 Å². The Balaban J connectivity index is 0.000000548. The molecule has 3 aromatic carbocycles. The normalized spacial score (nSPS) is 11.5. The summed E-state index contributed by atoms with van der Waals surface area (Å²) in [5.41, 5.74) is 9.97. The average Bonchev–Trinajstić information content (AvgIpc) is 2.97. The Hall–Kier alpha value is -3.61. The zero-order chi connectivity index (χ0) is 28.3. The number of rotatable bonds is 10. The van der Waals surface area contributed by atoms with Gasteiger partial charge in [0.2, 0.25) is 0 Å². The lowest BCUT2D eigenvalue weighted by molar-refractivity contribution is -0.142. The highest BCUT2D eigenvalue weighted by atomic mass is 16.5. The molecule has 38 heavy (non-hydrogen) atoms. The van der Waals surface area contributed by atoms with Crippen LogP contribution in [0.15, 0.2) is 84.4 Å². The second-order valence-corrected chi connectivity index (χ2v) is 8.30. The molecule has 0 aliphatic carbocycles. The summed E-state index contributed by atoms with van der Waals surface area (Å²) < 4.78 is 21.1. The fourth-order valence-electron chi connectivity index (χ4n) is 3.69. The molecule has 6 heteroatoms. The quantitative estimate of drug-likeness (QED) is 0.296. The number of methoxy groups -OCH3 is 3. The fourth-order valence-corrected chi connectivity index (χ4v) is 3.69. The topological polar surface area (TPSA) is 80.0 Å². The molecule has 2 N–H and O–H groups in total. The molecule has 0 fully saturated rings. The van der Waals surface area contributed by atoms with Gasteiger partial charge in [0.05, 0.1) is 33.4 Å². The standard InChI is InChI=1S/C23H28O4.C8H10O.CH5N/c1-5-27-23(24)16-20(15-22(26-4)19-9-7-6-8-10-19)17(2)18-11-13-21(25-3)14-12-18;1-7-3-5-8(9-2)6-4-7;1-2/h6-14,22H,5,15-16H2,1-4H3;3-6H,1-2H3;2H2,1H3/b20-17-;;. The molecule has 1 atom stereocenters. The lowest BCUT2D eigenvalue weighted by atomic mass is 9.92. The summed E-state index contributed by atoms with van der Waals surface area (Å²) in [5.74, 6) is 1.50. The number of hydrogen-bond donors (Lipinski definition) is 1. The maximum Gasteiger partial charge on any atom is 0.309 e. The van der Waals surface area contributed by atoms with Crippen LogP contribution in [0.5, 0.6) is 11.5 Å². The Bertz CT molecular complexity index is 1080. The number of hydrogen-bond acceptors (Lipinski definition) is 6. The molecule has 1 unspecified atom stereocenters. The van der Waals surface area contributed by atoms with E-state index in [0.717, 1.165) is 33.8 Å². The monoisotopic (exact) mass is 521 g/mol. The number of ether oxygens (including phenoxy) is 4. The number of carbonyl (C=O) groups excluding carboxylic acids is 1. The van der Waals surface area contributed by atoms with Gasteiger partial charge in [0.15, 0.2) is 0 Å². The van der Waals surface area contributed by atoms with Crippen LogP contribution < -0.4 is 15.2 Å². The molecule has 0 saturated carbocycles. The molecule has 0 radical (unpaired) electrons. The largest absolute Gasteiger partial charge is 0.497 e. The molecular weight excluding hydrogens is 478 g/mol. The molecule has 0 saturated heterocycles.